The SMILES string of the molecule is CCCC.Cc1ccc(C(C)(C)F)c(-c2ccccn2)c1. The fourth-order valence-electron chi connectivity index (χ4n) is 1.91. The van der Waals surface area contributed by atoms with E-state index < -0.39 is 5.67 Å². The van der Waals surface area contributed by atoms with E-state index >= 15 is 0 Å². The van der Waals surface area contributed by atoms with Crippen molar-refractivity contribution in [1.29, 1.82) is 0 Å². The minimum atomic E-state index is -1.36. The Balaban J connectivity index is 0.000000491. The van der Waals surface area contributed by atoms with Crippen molar-refractivity contribution in [1.82, 2.24) is 4.98 Å². The van der Waals surface area contributed by atoms with E-state index in [0.29, 0.717) is 5.56 Å². The molecular weight excluding hydrogens is 261 g/mol. The molecule has 1 nitrogen and oxygen atoms in total. The quantitative estimate of drug-likeness (QED) is 0.667. The van der Waals surface area contributed by atoms with E-state index in [9.17, 15) is 4.39 Å². The van der Waals surface area contributed by atoms with Crippen LogP contribution in [0.4, 0.5) is 4.39 Å². The molecule has 2 aromatic rings. The van der Waals surface area contributed by atoms with Crippen LogP contribution in [0, 0.1) is 6.92 Å². The Kier molecular flexibility index (Phi) is 6.54. The molecule has 0 radical (unpaired) electrons. The molecule has 0 bridgehead atoms. The fourth-order valence-corrected chi connectivity index (χ4v) is 1.91. The zero-order valence-electron chi connectivity index (χ0n) is 13.8. The number of rotatable bonds is 3. The van der Waals surface area contributed by atoms with Crippen molar-refractivity contribution in [3.05, 3.63) is 53.7 Å². The Morgan fingerprint density at radius 3 is 2.19 bits per heavy atom. The van der Waals surface area contributed by atoms with E-state index in [1.807, 2.05) is 43.3 Å². The highest BCUT2D eigenvalue weighted by molar-refractivity contribution is 5.65. The largest absolute Gasteiger partial charge is 0.256 e. The lowest BCUT2D eigenvalue weighted by molar-refractivity contribution is 0.222. The summed E-state index contributed by atoms with van der Waals surface area (Å²) in [6.45, 7) is 9.51. The van der Waals surface area contributed by atoms with Crippen LogP contribution in [-0.4, -0.2) is 4.98 Å². The maximum absolute atomic E-state index is 14.2. The molecule has 0 aliphatic heterocycles. The van der Waals surface area contributed by atoms with Crippen molar-refractivity contribution in [2.24, 2.45) is 0 Å². The average molecular weight is 287 g/mol. The van der Waals surface area contributed by atoms with Crippen molar-refractivity contribution in [3.63, 3.8) is 0 Å². The van der Waals surface area contributed by atoms with Crippen LogP contribution in [0.1, 0.15) is 51.7 Å². The minimum Gasteiger partial charge on any atom is -0.256 e. The van der Waals surface area contributed by atoms with Gasteiger partial charge in [0.1, 0.15) is 5.67 Å². The topological polar surface area (TPSA) is 12.9 Å². The van der Waals surface area contributed by atoms with Gasteiger partial charge in [0.2, 0.25) is 0 Å². The lowest BCUT2D eigenvalue weighted by Crippen LogP contribution is -2.11. The molecule has 0 spiro atoms. The monoisotopic (exact) mass is 287 g/mol. The normalized spacial score (nSPS) is 10.8. The van der Waals surface area contributed by atoms with Gasteiger partial charge in [-0.25, -0.2) is 4.39 Å². The number of hydrogen-bond donors (Lipinski definition) is 0. The predicted molar refractivity (Wildman–Crippen MR) is 89.1 cm³/mol. The highest BCUT2D eigenvalue weighted by atomic mass is 19.1. The lowest BCUT2D eigenvalue weighted by Gasteiger charge is -2.19. The van der Waals surface area contributed by atoms with Gasteiger partial charge >= 0.3 is 0 Å². The third-order valence-electron chi connectivity index (χ3n) is 3.26. The van der Waals surface area contributed by atoms with Gasteiger partial charge < -0.3 is 0 Å². The molecule has 0 atom stereocenters. The third-order valence-corrected chi connectivity index (χ3v) is 3.26. The lowest BCUT2D eigenvalue weighted by atomic mass is 9.91. The van der Waals surface area contributed by atoms with Crippen LogP contribution >= 0.6 is 0 Å². The van der Waals surface area contributed by atoms with Crippen LogP contribution in [0.25, 0.3) is 11.3 Å². The standard InChI is InChI=1S/C15H16FN.C4H10/c1-11-7-8-13(15(2,3)16)12(10-11)14-6-4-5-9-17-14;1-3-4-2/h4-10H,1-3H3;3-4H2,1-2H3. The van der Waals surface area contributed by atoms with Crippen molar-refractivity contribution >= 4 is 0 Å². The van der Waals surface area contributed by atoms with E-state index in [1.54, 1.807) is 20.0 Å². The summed E-state index contributed by atoms with van der Waals surface area (Å²) in [5.74, 6) is 0. The molecule has 0 saturated heterocycles. The first-order chi connectivity index (χ1) is 9.90. The van der Waals surface area contributed by atoms with Crippen LogP contribution < -0.4 is 0 Å². The molecule has 2 heteroatoms. The number of aromatic nitrogens is 1. The first-order valence-electron chi connectivity index (χ1n) is 7.61. The number of halogens is 1. The van der Waals surface area contributed by atoms with Gasteiger partial charge in [-0.2, -0.15) is 0 Å². The molecule has 0 aliphatic rings. The molecule has 21 heavy (non-hydrogen) atoms. The Labute approximate surface area is 128 Å². The number of unbranched alkanes of at least 4 members (excludes halogenated alkanes) is 1. The maximum atomic E-state index is 14.2. The van der Waals surface area contributed by atoms with E-state index in [4.69, 9.17) is 0 Å². The molecule has 0 N–H and O–H groups in total. The van der Waals surface area contributed by atoms with Crippen LogP contribution in [-0.2, 0) is 5.67 Å². The second kappa shape index (κ2) is 7.92. The molecule has 1 heterocycles. The predicted octanol–water partition coefficient (Wildman–Crippen LogP) is 6.07. The van der Waals surface area contributed by atoms with E-state index in [1.165, 1.54) is 12.8 Å². The molecule has 114 valence electrons. The number of benzene rings is 1. The molecule has 0 amide bonds. The number of aryl methyl sites for hydroxylation is 1. The summed E-state index contributed by atoms with van der Waals surface area (Å²) in [7, 11) is 0. The van der Waals surface area contributed by atoms with E-state index in [-0.39, 0.29) is 0 Å². The number of pyridine rings is 1. The highest BCUT2D eigenvalue weighted by Gasteiger charge is 2.23. The van der Waals surface area contributed by atoms with Crippen LogP contribution in [0.3, 0.4) is 0 Å². The minimum absolute atomic E-state index is 0.682. The maximum Gasteiger partial charge on any atom is 0.131 e. The molecule has 0 saturated carbocycles. The van der Waals surface area contributed by atoms with Gasteiger partial charge in [0.25, 0.3) is 0 Å². The molecule has 1 aromatic carbocycles. The zero-order valence-corrected chi connectivity index (χ0v) is 13.8. The molecular formula is C19H26FN. The zero-order chi connectivity index (χ0) is 15.9. The summed E-state index contributed by atoms with van der Waals surface area (Å²) in [5.41, 5.74) is 2.12. The second-order valence-electron chi connectivity index (χ2n) is 5.74. The van der Waals surface area contributed by atoms with Gasteiger partial charge in [0, 0.05) is 11.8 Å². The molecule has 0 aliphatic carbocycles. The summed E-state index contributed by atoms with van der Waals surface area (Å²) in [4.78, 5) is 4.30. The first-order valence-corrected chi connectivity index (χ1v) is 7.61. The van der Waals surface area contributed by atoms with Crippen LogP contribution in [0.5, 0.6) is 0 Å². The molecule has 0 fully saturated rings. The summed E-state index contributed by atoms with van der Waals surface area (Å²) < 4.78 is 14.2. The van der Waals surface area contributed by atoms with Gasteiger partial charge in [-0.1, -0.05) is 50.5 Å². The summed E-state index contributed by atoms with van der Waals surface area (Å²) in [5, 5.41) is 0. The summed E-state index contributed by atoms with van der Waals surface area (Å²) in [6, 6.07) is 11.4. The van der Waals surface area contributed by atoms with E-state index in [2.05, 4.69) is 18.8 Å². The van der Waals surface area contributed by atoms with Gasteiger partial charge in [0.15, 0.2) is 0 Å². The van der Waals surface area contributed by atoms with E-state index in [0.717, 1.165) is 16.8 Å². The van der Waals surface area contributed by atoms with Crippen LogP contribution in [0.15, 0.2) is 42.6 Å². The van der Waals surface area contributed by atoms with Crippen molar-refractivity contribution < 1.29 is 4.39 Å². The Morgan fingerprint density at radius 1 is 1.05 bits per heavy atom. The van der Waals surface area contributed by atoms with Gasteiger partial charge in [-0.3, -0.25) is 4.98 Å². The number of alkyl halides is 1. The number of hydrogen-bond acceptors (Lipinski definition) is 1. The molecule has 0 unspecified atom stereocenters. The van der Waals surface area contributed by atoms with Gasteiger partial charge in [-0.05, 0) is 44.5 Å². The first kappa shape index (κ1) is 17.4. The Bertz CT molecular complexity index is 539. The average Bonchev–Trinajstić information content (AvgIpc) is 2.47. The highest BCUT2D eigenvalue weighted by Crippen LogP contribution is 2.33. The second-order valence-corrected chi connectivity index (χ2v) is 5.74. The fraction of sp³-hybridized carbons (Fsp3) is 0.421. The Hall–Kier alpha value is -1.70. The Morgan fingerprint density at radius 2 is 1.71 bits per heavy atom. The van der Waals surface area contributed by atoms with Crippen molar-refractivity contribution in [3.8, 4) is 11.3 Å². The third kappa shape index (κ3) is 5.30. The summed E-state index contributed by atoms with van der Waals surface area (Å²) in [6.07, 6.45) is 4.37. The number of nitrogens with zero attached hydrogens (tertiary/aromatic N) is 1. The smallest absolute Gasteiger partial charge is 0.131 e. The van der Waals surface area contributed by atoms with Gasteiger partial charge in [0.05, 0.1) is 5.69 Å². The summed E-state index contributed by atoms with van der Waals surface area (Å²) >= 11 is 0. The van der Waals surface area contributed by atoms with Crippen LogP contribution in [0.2, 0.25) is 0 Å². The van der Waals surface area contributed by atoms with Crippen molar-refractivity contribution in [2.75, 3.05) is 0 Å². The molecule has 1 aromatic heterocycles. The molecule has 2 rings (SSSR count). The van der Waals surface area contributed by atoms with Crippen molar-refractivity contribution in [2.45, 2.75) is 53.1 Å². The van der Waals surface area contributed by atoms with Gasteiger partial charge in [-0.15, -0.1) is 0 Å².